The lowest BCUT2D eigenvalue weighted by atomic mass is 10.1. The van der Waals surface area contributed by atoms with Gasteiger partial charge in [0.1, 0.15) is 26.4 Å². The van der Waals surface area contributed by atoms with Gasteiger partial charge in [-0.05, 0) is 25.7 Å². The lowest BCUT2D eigenvalue weighted by molar-refractivity contribution is -0.167. The molecule has 2 N–H and O–H groups in total. The lowest BCUT2D eigenvalue weighted by Gasteiger charge is -2.18. The lowest BCUT2D eigenvalue weighted by Crippen LogP contribution is -2.31. The summed E-state index contributed by atoms with van der Waals surface area (Å²) in [6.45, 7) is 11.4. The molecule has 0 aromatic rings. The van der Waals surface area contributed by atoms with Crippen molar-refractivity contribution >= 4 is 47.6 Å². The van der Waals surface area contributed by atoms with Gasteiger partial charge in [0.25, 0.3) is 0 Å². The minimum absolute atomic E-state index is 0.0115. The maximum Gasteiger partial charge on any atom is 0.307 e. The van der Waals surface area contributed by atoms with Crippen molar-refractivity contribution in [1.29, 1.82) is 0 Å². The molecule has 2 amide bonds. The van der Waals surface area contributed by atoms with Crippen LogP contribution in [0.1, 0.15) is 363 Å². The number of amides is 2. The second-order valence-electron chi connectivity index (χ2n) is 24.6. The van der Waals surface area contributed by atoms with Crippen LogP contribution in [-0.4, -0.2) is 99.4 Å². The molecule has 0 radical (unpaired) electrons. The van der Waals surface area contributed by atoms with Gasteiger partial charge in [0, 0.05) is 52.6 Å². The Balaban J connectivity index is 0. The molecule has 2 atom stereocenters. The van der Waals surface area contributed by atoms with Crippen LogP contribution in [0.4, 0.5) is 0 Å². The van der Waals surface area contributed by atoms with Gasteiger partial charge in [0.05, 0.1) is 12.8 Å². The maximum absolute atomic E-state index is 12.5. The van der Waals surface area contributed by atoms with Crippen LogP contribution in [0.3, 0.4) is 0 Å². The molecule has 516 valence electrons. The van der Waals surface area contributed by atoms with Gasteiger partial charge >= 0.3 is 35.8 Å². The molecule has 0 bridgehead atoms. The molecule has 0 saturated carbocycles. The number of carbonyl (C=O) groups is 8. The minimum Gasteiger partial charge on any atom is -0.462 e. The number of rotatable bonds is 64. The van der Waals surface area contributed by atoms with Crippen molar-refractivity contribution in [2.75, 3.05) is 39.5 Å². The first kappa shape index (κ1) is 85.8. The van der Waals surface area contributed by atoms with Crippen LogP contribution in [0.5, 0.6) is 0 Å². The van der Waals surface area contributed by atoms with E-state index in [0.29, 0.717) is 12.8 Å². The van der Waals surface area contributed by atoms with Gasteiger partial charge in [0.15, 0.2) is 12.2 Å². The monoisotopic (exact) mass is 1250 g/mol. The summed E-state index contributed by atoms with van der Waals surface area (Å²) < 4.78 is 32.3. The van der Waals surface area contributed by atoms with Crippen molar-refractivity contribution in [2.24, 2.45) is 0 Å². The zero-order chi connectivity index (χ0) is 65.0. The van der Waals surface area contributed by atoms with E-state index in [9.17, 15) is 38.4 Å². The molecule has 0 aromatic carbocycles. The van der Waals surface area contributed by atoms with Crippen molar-refractivity contribution in [3.8, 4) is 0 Å². The second-order valence-corrected chi connectivity index (χ2v) is 24.6. The Kier molecular flexibility index (Phi) is 67.0. The van der Waals surface area contributed by atoms with E-state index in [4.69, 9.17) is 28.4 Å². The van der Waals surface area contributed by atoms with Crippen molar-refractivity contribution in [3.63, 3.8) is 0 Å². The first-order valence-electron chi connectivity index (χ1n) is 36.3. The van der Waals surface area contributed by atoms with E-state index >= 15 is 0 Å². The average Bonchev–Trinajstić information content (AvgIpc) is 3.51. The number of ether oxygens (including phenoxy) is 6. The number of nitrogens with one attached hydrogen (secondary N) is 2. The van der Waals surface area contributed by atoms with E-state index in [1.807, 2.05) is 0 Å². The maximum atomic E-state index is 12.5. The third kappa shape index (κ3) is 69.2. The fourth-order valence-electron chi connectivity index (χ4n) is 10.2. The fourth-order valence-corrected chi connectivity index (χ4v) is 10.2. The molecule has 0 aliphatic carbocycles. The van der Waals surface area contributed by atoms with Gasteiger partial charge in [-0.1, -0.05) is 285 Å². The highest BCUT2D eigenvalue weighted by Crippen LogP contribution is 2.17. The van der Waals surface area contributed by atoms with Gasteiger partial charge in [-0.3, -0.25) is 38.4 Å². The summed E-state index contributed by atoms with van der Waals surface area (Å²) in [7, 11) is 0. The van der Waals surface area contributed by atoms with E-state index in [-0.39, 0.29) is 101 Å². The van der Waals surface area contributed by atoms with E-state index in [1.165, 1.54) is 219 Å². The smallest absolute Gasteiger partial charge is 0.307 e. The summed E-state index contributed by atoms with van der Waals surface area (Å²) in [6.07, 6.45) is 52.4. The molecule has 0 fully saturated rings. The van der Waals surface area contributed by atoms with E-state index in [1.54, 1.807) is 0 Å². The Morgan fingerprint density at radius 3 is 0.602 bits per heavy atom. The molecule has 16 heteroatoms. The first-order chi connectivity index (χ1) is 42.8. The highest BCUT2D eigenvalue weighted by molar-refractivity contribution is 5.75. The SMILES string of the molecule is CCCCCCCCCCCCCC(=O)OC[C@H](COC(=O)CCNC(C)=O)OC(=O)CCCCCCCCCCCCC.CCCCCCCCCCCCCC(=O)OC[C@H](COC(=O)CCNC(C)=O)OC(=O)CCCCCCCCCCCCC. The minimum atomic E-state index is -0.846. The number of hydrogen-bond donors (Lipinski definition) is 2. The molecular formula is C72H134N2O14. The normalized spacial score (nSPS) is 11.6. The van der Waals surface area contributed by atoms with Crippen LogP contribution in [0.15, 0.2) is 0 Å². The van der Waals surface area contributed by atoms with Crippen LogP contribution >= 0.6 is 0 Å². The predicted octanol–water partition coefficient (Wildman–Crippen LogP) is 17.8. The van der Waals surface area contributed by atoms with Crippen molar-refractivity contribution < 1.29 is 66.8 Å². The van der Waals surface area contributed by atoms with Crippen molar-refractivity contribution in [1.82, 2.24) is 10.6 Å². The van der Waals surface area contributed by atoms with Crippen molar-refractivity contribution in [3.05, 3.63) is 0 Å². The topological polar surface area (TPSA) is 216 Å². The summed E-state index contributed by atoms with van der Waals surface area (Å²) in [5.74, 6) is -2.89. The molecule has 0 aliphatic heterocycles. The third-order valence-corrected chi connectivity index (χ3v) is 15.7. The summed E-state index contributed by atoms with van der Waals surface area (Å²) >= 11 is 0. The Morgan fingerprint density at radius 2 is 0.409 bits per heavy atom. The third-order valence-electron chi connectivity index (χ3n) is 15.7. The van der Waals surface area contributed by atoms with E-state index in [0.717, 1.165) is 77.0 Å². The molecule has 0 aromatic heterocycles. The first-order valence-corrected chi connectivity index (χ1v) is 36.3. The summed E-state index contributed by atoms with van der Waals surface area (Å²) in [5.41, 5.74) is 0. The predicted molar refractivity (Wildman–Crippen MR) is 355 cm³/mol. The molecule has 0 saturated heterocycles. The summed E-state index contributed by atoms with van der Waals surface area (Å²) in [6, 6.07) is 0. The second kappa shape index (κ2) is 68.7. The fraction of sp³-hybridized carbons (Fsp3) is 0.889. The molecule has 0 heterocycles. The molecule has 16 nitrogen and oxygen atoms in total. The zero-order valence-corrected chi connectivity index (χ0v) is 57.5. The number of unbranched alkanes of at least 4 members (excludes halogenated alkanes) is 40. The van der Waals surface area contributed by atoms with Gasteiger partial charge in [-0.2, -0.15) is 0 Å². The molecule has 0 rings (SSSR count). The Morgan fingerprint density at radius 1 is 0.239 bits per heavy atom. The Bertz CT molecular complexity index is 1540. The van der Waals surface area contributed by atoms with Crippen LogP contribution in [0.25, 0.3) is 0 Å². The van der Waals surface area contributed by atoms with Crippen molar-refractivity contribution in [2.45, 2.75) is 375 Å². The molecule has 0 unspecified atom stereocenters. The van der Waals surface area contributed by atoms with Crippen LogP contribution in [-0.2, 0) is 66.8 Å². The highest BCUT2D eigenvalue weighted by Gasteiger charge is 2.21. The highest BCUT2D eigenvalue weighted by atomic mass is 16.6. The Hall–Kier alpha value is -4.24. The average molecular weight is 1250 g/mol. The molecule has 0 aliphatic rings. The van der Waals surface area contributed by atoms with Crippen LogP contribution in [0.2, 0.25) is 0 Å². The number of carbonyl (C=O) groups excluding carboxylic acids is 8. The van der Waals surface area contributed by atoms with E-state index < -0.39 is 24.1 Å². The number of esters is 6. The van der Waals surface area contributed by atoms with E-state index in [2.05, 4.69) is 38.3 Å². The quantitative estimate of drug-likeness (QED) is 0.0329. The Labute approximate surface area is 537 Å². The van der Waals surface area contributed by atoms with Crippen LogP contribution < -0.4 is 10.6 Å². The standard InChI is InChI=1S/2C36H67NO7/c2*1-4-6-8-10-12-14-16-18-20-22-24-26-34(39)42-30-33(31-43-35(40)28-29-37-32(3)38)44-36(41)27-25-23-21-19-17-15-13-11-9-7-5-2/h2*33H,4-31H2,1-3H3,(H,37,38)/t2*33-/m11/s1. The zero-order valence-electron chi connectivity index (χ0n) is 57.5. The summed E-state index contributed by atoms with van der Waals surface area (Å²) in [4.78, 5) is 95.7. The van der Waals surface area contributed by atoms with Gasteiger partial charge in [0.2, 0.25) is 11.8 Å². The largest absolute Gasteiger partial charge is 0.462 e. The van der Waals surface area contributed by atoms with Gasteiger partial charge in [-0.15, -0.1) is 0 Å². The molecule has 0 spiro atoms. The number of hydrogen-bond acceptors (Lipinski definition) is 14. The molecule has 88 heavy (non-hydrogen) atoms. The molecular weight excluding hydrogens is 1120 g/mol. The van der Waals surface area contributed by atoms with Crippen LogP contribution in [0, 0.1) is 0 Å². The van der Waals surface area contributed by atoms with Gasteiger partial charge in [-0.25, -0.2) is 0 Å². The van der Waals surface area contributed by atoms with Gasteiger partial charge < -0.3 is 39.1 Å². The summed E-state index contributed by atoms with van der Waals surface area (Å²) in [5, 5.41) is 5.09.